The second-order valence-electron chi connectivity index (χ2n) is 5.37. The first-order valence-corrected chi connectivity index (χ1v) is 8.72. The Hall–Kier alpha value is -2.25. The van der Waals surface area contributed by atoms with Crippen LogP contribution < -0.4 is 10.2 Å². The number of rotatable bonds is 2. The van der Waals surface area contributed by atoms with Gasteiger partial charge in [-0.25, -0.2) is 9.69 Å². The van der Waals surface area contributed by atoms with Gasteiger partial charge < -0.3 is 0 Å². The maximum absolute atomic E-state index is 12.7. The fraction of sp³-hybridized carbons (Fsp3) is 0.118. The third kappa shape index (κ3) is 3.05. The third-order valence-electron chi connectivity index (χ3n) is 3.73. The minimum atomic E-state index is -0.738. The molecule has 0 bridgehead atoms. The zero-order valence-electron chi connectivity index (χ0n) is 12.9. The van der Waals surface area contributed by atoms with E-state index in [1.54, 1.807) is 18.2 Å². The molecule has 24 heavy (non-hydrogen) atoms. The van der Waals surface area contributed by atoms with Gasteiger partial charge in [-0.05, 0) is 71.2 Å². The Labute approximate surface area is 151 Å². The Bertz CT molecular complexity index is 901. The van der Waals surface area contributed by atoms with E-state index in [0.29, 0.717) is 5.69 Å². The summed E-state index contributed by atoms with van der Waals surface area (Å²) < 4.78 is 0.889. The Morgan fingerprint density at radius 2 is 1.83 bits per heavy atom. The Kier molecular flexibility index (Phi) is 4.38. The molecule has 0 radical (unpaired) electrons. The maximum atomic E-state index is 12.7. The lowest BCUT2D eigenvalue weighted by Gasteiger charge is -2.26. The van der Waals surface area contributed by atoms with Gasteiger partial charge in [0.05, 0.1) is 9.47 Å². The maximum Gasteiger partial charge on any atom is 0.335 e. The lowest BCUT2D eigenvalue weighted by Crippen LogP contribution is -2.54. The van der Waals surface area contributed by atoms with Crippen LogP contribution in [-0.2, 0) is 9.59 Å². The van der Waals surface area contributed by atoms with Gasteiger partial charge in [0.2, 0.25) is 0 Å². The number of amides is 4. The van der Waals surface area contributed by atoms with Crippen LogP contribution in [0, 0.1) is 13.8 Å². The fourth-order valence-corrected chi connectivity index (χ4v) is 3.67. The Balaban J connectivity index is 2.02. The molecule has 1 aliphatic rings. The standard InChI is InChI=1S/C17H13BrN2O3S/c1-9-3-4-11(7-10(9)2)20-16(22)13(15(21)19-17(20)23)8-12-5-6-14(18)24-12/h3-8H,1-2H3,(H,19,21,23). The number of carbonyl (C=O) groups is 3. The Morgan fingerprint density at radius 1 is 1.08 bits per heavy atom. The molecular weight excluding hydrogens is 392 g/mol. The zero-order chi connectivity index (χ0) is 17.4. The van der Waals surface area contributed by atoms with Gasteiger partial charge in [0.1, 0.15) is 5.57 Å². The number of hydrogen-bond acceptors (Lipinski definition) is 4. The number of barbiturate groups is 1. The first-order valence-electron chi connectivity index (χ1n) is 7.11. The number of halogens is 1. The molecule has 3 rings (SSSR count). The molecule has 1 N–H and O–H groups in total. The van der Waals surface area contributed by atoms with Crippen LogP contribution in [0.15, 0.2) is 39.7 Å². The van der Waals surface area contributed by atoms with Crippen LogP contribution in [0.1, 0.15) is 16.0 Å². The van der Waals surface area contributed by atoms with Crippen molar-refractivity contribution in [2.24, 2.45) is 0 Å². The number of anilines is 1. The number of aryl methyl sites for hydroxylation is 2. The molecule has 2 heterocycles. The predicted molar refractivity (Wildman–Crippen MR) is 96.9 cm³/mol. The topological polar surface area (TPSA) is 66.5 Å². The van der Waals surface area contributed by atoms with E-state index in [9.17, 15) is 14.4 Å². The molecule has 122 valence electrons. The van der Waals surface area contributed by atoms with Crippen molar-refractivity contribution in [1.82, 2.24) is 5.32 Å². The second-order valence-corrected chi connectivity index (χ2v) is 7.86. The van der Waals surface area contributed by atoms with Crippen LogP contribution in [0.3, 0.4) is 0 Å². The number of thiophene rings is 1. The lowest BCUT2D eigenvalue weighted by molar-refractivity contribution is -0.122. The molecule has 0 spiro atoms. The highest BCUT2D eigenvalue weighted by Gasteiger charge is 2.36. The molecule has 1 aliphatic heterocycles. The molecule has 2 aromatic rings. The van der Waals surface area contributed by atoms with Crippen molar-refractivity contribution in [1.29, 1.82) is 0 Å². The van der Waals surface area contributed by atoms with E-state index in [1.807, 2.05) is 26.0 Å². The molecule has 4 amide bonds. The van der Waals surface area contributed by atoms with Gasteiger partial charge in [-0.15, -0.1) is 11.3 Å². The number of imide groups is 2. The highest BCUT2D eigenvalue weighted by Crippen LogP contribution is 2.27. The van der Waals surface area contributed by atoms with Crippen LogP contribution in [-0.4, -0.2) is 17.8 Å². The summed E-state index contributed by atoms with van der Waals surface area (Å²) in [5.74, 6) is -1.31. The minimum absolute atomic E-state index is 0.0674. The van der Waals surface area contributed by atoms with Crippen molar-refractivity contribution in [3.05, 3.63) is 55.7 Å². The molecule has 1 saturated heterocycles. The van der Waals surface area contributed by atoms with Crippen LogP contribution >= 0.6 is 27.3 Å². The van der Waals surface area contributed by atoms with Crippen molar-refractivity contribution in [2.75, 3.05) is 4.90 Å². The van der Waals surface area contributed by atoms with E-state index in [1.165, 1.54) is 17.4 Å². The summed E-state index contributed by atoms with van der Waals surface area (Å²) in [6.07, 6.45) is 1.49. The number of benzene rings is 1. The van der Waals surface area contributed by atoms with Gasteiger partial charge in [-0.3, -0.25) is 14.9 Å². The smallest absolute Gasteiger partial charge is 0.273 e. The molecule has 0 unspecified atom stereocenters. The molecule has 0 aliphatic carbocycles. The first kappa shape index (κ1) is 16.6. The van der Waals surface area contributed by atoms with Crippen molar-refractivity contribution in [3.8, 4) is 0 Å². The van der Waals surface area contributed by atoms with Gasteiger partial charge in [-0.1, -0.05) is 6.07 Å². The molecule has 0 atom stereocenters. The van der Waals surface area contributed by atoms with E-state index >= 15 is 0 Å². The monoisotopic (exact) mass is 404 g/mol. The number of carbonyl (C=O) groups excluding carboxylic acids is 3. The second kappa shape index (κ2) is 6.33. The SMILES string of the molecule is Cc1ccc(N2C(=O)NC(=O)C(=Cc3ccc(Br)s3)C2=O)cc1C. The van der Waals surface area contributed by atoms with E-state index < -0.39 is 17.8 Å². The third-order valence-corrected chi connectivity index (χ3v) is 5.30. The average Bonchev–Trinajstić information content (AvgIpc) is 2.92. The quantitative estimate of drug-likeness (QED) is 0.611. The summed E-state index contributed by atoms with van der Waals surface area (Å²) in [4.78, 5) is 38.7. The predicted octanol–water partition coefficient (Wildman–Crippen LogP) is 3.79. The summed E-state index contributed by atoms with van der Waals surface area (Å²) >= 11 is 4.73. The zero-order valence-corrected chi connectivity index (χ0v) is 15.3. The van der Waals surface area contributed by atoms with Crippen LogP contribution in [0.2, 0.25) is 0 Å². The van der Waals surface area contributed by atoms with Gasteiger partial charge in [0.15, 0.2) is 0 Å². The van der Waals surface area contributed by atoms with Crippen molar-refractivity contribution in [3.63, 3.8) is 0 Å². The van der Waals surface area contributed by atoms with Crippen LogP contribution in [0.4, 0.5) is 10.5 Å². The summed E-state index contributed by atoms with van der Waals surface area (Å²) in [6, 6.07) is 8.16. The molecule has 1 aromatic heterocycles. The number of urea groups is 1. The summed E-state index contributed by atoms with van der Waals surface area (Å²) in [6.45, 7) is 3.84. The minimum Gasteiger partial charge on any atom is -0.273 e. The van der Waals surface area contributed by atoms with E-state index in [0.717, 1.165) is 24.7 Å². The van der Waals surface area contributed by atoms with Gasteiger partial charge in [-0.2, -0.15) is 0 Å². The number of nitrogens with one attached hydrogen (secondary N) is 1. The van der Waals surface area contributed by atoms with Crippen LogP contribution in [0.25, 0.3) is 6.08 Å². The van der Waals surface area contributed by atoms with Crippen molar-refractivity contribution >= 4 is 56.9 Å². The van der Waals surface area contributed by atoms with Gasteiger partial charge in [0.25, 0.3) is 11.8 Å². The van der Waals surface area contributed by atoms with E-state index in [2.05, 4.69) is 21.2 Å². The lowest BCUT2D eigenvalue weighted by atomic mass is 10.1. The summed E-state index contributed by atoms with van der Waals surface area (Å²) in [7, 11) is 0. The molecule has 0 saturated carbocycles. The molecular formula is C17H13BrN2O3S. The Morgan fingerprint density at radius 3 is 2.46 bits per heavy atom. The van der Waals surface area contributed by atoms with E-state index in [4.69, 9.17) is 0 Å². The van der Waals surface area contributed by atoms with Gasteiger partial charge in [0, 0.05) is 4.88 Å². The highest BCUT2D eigenvalue weighted by molar-refractivity contribution is 9.11. The van der Waals surface area contributed by atoms with Crippen LogP contribution in [0.5, 0.6) is 0 Å². The normalized spacial score (nSPS) is 16.7. The number of hydrogen-bond donors (Lipinski definition) is 1. The summed E-state index contributed by atoms with van der Waals surface area (Å²) in [5, 5.41) is 2.22. The first-order chi connectivity index (χ1) is 11.4. The number of nitrogens with zero attached hydrogens (tertiary/aromatic N) is 1. The average molecular weight is 405 g/mol. The van der Waals surface area contributed by atoms with Crippen molar-refractivity contribution in [2.45, 2.75) is 13.8 Å². The summed E-state index contributed by atoms with van der Waals surface area (Å²) in [5.41, 5.74) is 2.38. The molecule has 1 aromatic carbocycles. The molecule has 7 heteroatoms. The van der Waals surface area contributed by atoms with Crippen molar-refractivity contribution < 1.29 is 14.4 Å². The highest BCUT2D eigenvalue weighted by atomic mass is 79.9. The molecule has 1 fully saturated rings. The largest absolute Gasteiger partial charge is 0.335 e. The van der Waals surface area contributed by atoms with Gasteiger partial charge >= 0.3 is 6.03 Å². The fourth-order valence-electron chi connectivity index (χ4n) is 2.30. The van der Waals surface area contributed by atoms with E-state index in [-0.39, 0.29) is 5.57 Å². The molecule has 5 nitrogen and oxygen atoms in total.